The topological polar surface area (TPSA) is 58.6 Å². The number of esters is 1. The summed E-state index contributed by atoms with van der Waals surface area (Å²) in [6, 6.07) is 16.7. The van der Waals surface area contributed by atoms with Crippen LogP contribution in [0, 0.1) is 12.8 Å². The van der Waals surface area contributed by atoms with Gasteiger partial charge in [0.05, 0.1) is 23.8 Å². The zero-order valence-corrected chi connectivity index (χ0v) is 14.4. The van der Waals surface area contributed by atoms with Crippen molar-refractivity contribution in [2.45, 2.75) is 26.3 Å². The SMILES string of the molecule is Cc1ccc(C(=O)OCCC2C(=O)N(c3ccccc3)NC2C)cc1. The van der Waals surface area contributed by atoms with Crippen LogP contribution < -0.4 is 10.4 Å². The van der Waals surface area contributed by atoms with E-state index in [0.29, 0.717) is 12.0 Å². The van der Waals surface area contributed by atoms with Crippen molar-refractivity contribution in [3.05, 3.63) is 65.7 Å². The van der Waals surface area contributed by atoms with Crippen LogP contribution in [0.2, 0.25) is 0 Å². The maximum absolute atomic E-state index is 12.6. The Hall–Kier alpha value is -2.66. The molecule has 1 fully saturated rings. The number of nitrogens with one attached hydrogen (secondary N) is 1. The molecule has 1 heterocycles. The van der Waals surface area contributed by atoms with Crippen LogP contribution in [0.25, 0.3) is 0 Å². The van der Waals surface area contributed by atoms with E-state index in [9.17, 15) is 9.59 Å². The monoisotopic (exact) mass is 338 g/mol. The molecule has 1 N–H and O–H groups in total. The van der Waals surface area contributed by atoms with Gasteiger partial charge in [0, 0.05) is 6.04 Å². The third kappa shape index (κ3) is 3.88. The molecule has 25 heavy (non-hydrogen) atoms. The zero-order valence-electron chi connectivity index (χ0n) is 14.4. The first kappa shape index (κ1) is 17.2. The van der Waals surface area contributed by atoms with Crippen LogP contribution in [0.5, 0.6) is 0 Å². The molecule has 0 saturated carbocycles. The highest BCUT2D eigenvalue weighted by atomic mass is 16.5. The summed E-state index contributed by atoms with van der Waals surface area (Å²) >= 11 is 0. The van der Waals surface area contributed by atoms with Gasteiger partial charge in [-0.3, -0.25) is 4.79 Å². The molecule has 2 unspecified atom stereocenters. The van der Waals surface area contributed by atoms with Gasteiger partial charge >= 0.3 is 5.97 Å². The van der Waals surface area contributed by atoms with Crippen molar-refractivity contribution in [1.82, 2.24) is 5.43 Å². The van der Waals surface area contributed by atoms with Crippen molar-refractivity contribution in [3.8, 4) is 0 Å². The lowest BCUT2D eigenvalue weighted by Crippen LogP contribution is -2.36. The minimum atomic E-state index is -0.356. The summed E-state index contributed by atoms with van der Waals surface area (Å²) < 4.78 is 5.33. The fourth-order valence-corrected chi connectivity index (χ4v) is 2.94. The maximum Gasteiger partial charge on any atom is 0.338 e. The quantitative estimate of drug-likeness (QED) is 0.851. The number of nitrogens with zero attached hydrogens (tertiary/aromatic N) is 1. The van der Waals surface area contributed by atoms with Crippen molar-refractivity contribution >= 4 is 17.6 Å². The molecule has 0 bridgehead atoms. The second kappa shape index (κ2) is 7.49. The number of amides is 1. The van der Waals surface area contributed by atoms with Gasteiger partial charge in [-0.05, 0) is 44.5 Å². The predicted octanol–water partition coefficient (Wildman–Crippen LogP) is 3.10. The van der Waals surface area contributed by atoms with Gasteiger partial charge in [-0.15, -0.1) is 0 Å². The van der Waals surface area contributed by atoms with E-state index in [4.69, 9.17) is 4.74 Å². The molecule has 1 aliphatic rings. The number of aryl methyl sites for hydroxylation is 1. The largest absolute Gasteiger partial charge is 0.462 e. The van der Waals surface area contributed by atoms with Crippen LogP contribution in [0.3, 0.4) is 0 Å². The van der Waals surface area contributed by atoms with E-state index >= 15 is 0 Å². The Bertz CT molecular complexity index is 743. The molecular formula is C20H22N2O3. The molecule has 1 amide bonds. The fraction of sp³-hybridized carbons (Fsp3) is 0.300. The van der Waals surface area contributed by atoms with Crippen molar-refractivity contribution in [2.24, 2.45) is 5.92 Å². The minimum absolute atomic E-state index is 0.00471. The van der Waals surface area contributed by atoms with Crippen LogP contribution in [0.1, 0.15) is 29.3 Å². The van der Waals surface area contributed by atoms with Gasteiger partial charge in [0.2, 0.25) is 5.91 Å². The molecule has 2 atom stereocenters. The molecule has 2 aromatic rings. The van der Waals surface area contributed by atoms with Gasteiger partial charge in [0.25, 0.3) is 0 Å². The Morgan fingerprint density at radius 2 is 1.80 bits per heavy atom. The van der Waals surface area contributed by atoms with E-state index in [1.165, 1.54) is 0 Å². The smallest absolute Gasteiger partial charge is 0.338 e. The summed E-state index contributed by atoms with van der Waals surface area (Å²) in [5, 5.41) is 1.58. The lowest BCUT2D eigenvalue weighted by molar-refractivity contribution is -0.121. The summed E-state index contributed by atoms with van der Waals surface area (Å²) in [4.78, 5) is 24.7. The van der Waals surface area contributed by atoms with E-state index in [0.717, 1.165) is 11.3 Å². The van der Waals surface area contributed by atoms with Crippen LogP contribution in [0.15, 0.2) is 54.6 Å². The molecule has 0 aliphatic carbocycles. The Balaban J connectivity index is 1.55. The summed E-state index contributed by atoms with van der Waals surface area (Å²) in [5.41, 5.74) is 5.63. The van der Waals surface area contributed by atoms with E-state index in [2.05, 4.69) is 5.43 Å². The first-order valence-electron chi connectivity index (χ1n) is 8.45. The highest BCUT2D eigenvalue weighted by molar-refractivity contribution is 5.96. The van der Waals surface area contributed by atoms with E-state index in [-0.39, 0.29) is 30.4 Å². The van der Waals surface area contributed by atoms with E-state index in [1.54, 1.807) is 17.1 Å². The first-order valence-corrected chi connectivity index (χ1v) is 8.45. The summed E-state index contributed by atoms with van der Waals surface area (Å²) in [6.45, 7) is 4.15. The molecule has 5 nitrogen and oxygen atoms in total. The third-order valence-electron chi connectivity index (χ3n) is 4.44. The molecule has 0 spiro atoms. The average molecular weight is 338 g/mol. The fourth-order valence-electron chi connectivity index (χ4n) is 2.94. The molecule has 1 aliphatic heterocycles. The van der Waals surface area contributed by atoms with Crippen molar-refractivity contribution < 1.29 is 14.3 Å². The molecule has 5 heteroatoms. The summed E-state index contributed by atoms with van der Waals surface area (Å²) in [7, 11) is 0. The highest BCUT2D eigenvalue weighted by Gasteiger charge is 2.38. The van der Waals surface area contributed by atoms with Crippen molar-refractivity contribution in [1.29, 1.82) is 0 Å². The zero-order chi connectivity index (χ0) is 17.8. The van der Waals surface area contributed by atoms with Gasteiger partial charge in [-0.25, -0.2) is 15.2 Å². The molecule has 2 aromatic carbocycles. The highest BCUT2D eigenvalue weighted by Crippen LogP contribution is 2.25. The number of para-hydroxylation sites is 1. The maximum atomic E-state index is 12.6. The van der Waals surface area contributed by atoms with Gasteiger partial charge in [-0.1, -0.05) is 35.9 Å². The average Bonchev–Trinajstić information content (AvgIpc) is 2.91. The van der Waals surface area contributed by atoms with Crippen molar-refractivity contribution in [3.63, 3.8) is 0 Å². The minimum Gasteiger partial charge on any atom is -0.462 e. The lowest BCUT2D eigenvalue weighted by Gasteiger charge is -2.16. The molecule has 3 rings (SSSR count). The molecule has 130 valence electrons. The number of hydrogen-bond donors (Lipinski definition) is 1. The second-order valence-electron chi connectivity index (χ2n) is 6.32. The number of hydrogen-bond acceptors (Lipinski definition) is 4. The summed E-state index contributed by atoms with van der Waals surface area (Å²) in [5.74, 6) is -0.568. The Kier molecular flexibility index (Phi) is 5.14. The number of ether oxygens (including phenoxy) is 1. The van der Waals surface area contributed by atoms with Gasteiger partial charge < -0.3 is 4.74 Å². The Morgan fingerprint density at radius 1 is 1.12 bits per heavy atom. The summed E-state index contributed by atoms with van der Waals surface area (Å²) in [6.07, 6.45) is 0.494. The normalized spacial score (nSPS) is 19.9. The van der Waals surface area contributed by atoms with Crippen molar-refractivity contribution in [2.75, 3.05) is 11.6 Å². The lowest BCUT2D eigenvalue weighted by atomic mass is 9.99. The number of carbonyl (C=O) groups is 2. The number of benzene rings is 2. The first-order chi connectivity index (χ1) is 12.1. The number of hydrazine groups is 1. The second-order valence-corrected chi connectivity index (χ2v) is 6.32. The van der Waals surface area contributed by atoms with Gasteiger partial charge in [-0.2, -0.15) is 0 Å². The van der Waals surface area contributed by atoms with E-state index in [1.807, 2.05) is 56.3 Å². The molecule has 1 saturated heterocycles. The Morgan fingerprint density at radius 3 is 2.48 bits per heavy atom. The van der Waals surface area contributed by atoms with Crippen LogP contribution in [0.4, 0.5) is 5.69 Å². The van der Waals surface area contributed by atoms with Gasteiger partial charge in [0.15, 0.2) is 0 Å². The van der Waals surface area contributed by atoms with Crippen LogP contribution in [-0.2, 0) is 9.53 Å². The predicted molar refractivity (Wildman–Crippen MR) is 96.1 cm³/mol. The number of anilines is 1. The molecule has 0 radical (unpaired) electrons. The third-order valence-corrected chi connectivity index (χ3v) is 4.44. The number of carbonyl (C=O) groups excluding carboxylic acids is 2. The molecule has 0 aromatic heterocycles. The van der Waals surface area contributed by atoms with Crippen LogP contribution in [-0.4, -0.2) is 24.5 Å². The standard InChI is InChI=1S/C20H22N2O3/c1-14-8-10-16(11-9-14)20(24)25-13-12-18-15(2)21-22(19(18)23)17-6-4-3-5-7-17/h3-11,15,18,21H,12-13H2,1-2H3. The Labute approximate surface area is 147 Å². The number of rotatable bonds is 5. The molecular weight excluding hydrogens is 316 g/mol. The van der Waals surface area contributed by atoms with E-state index < -0.39 is 0 Å². The van der Waals surface area contributed by atoms with Crippen LogP contribution >= 0.6 is 0 Å². The van der Waals surface area contributed by atoms with Gasteiger partial charge in [0.1, 0.15) is 0 Å².